The highest BCUT2D eigenvalue weighted by Gasteiger charge is 2.26. The Morgan fingerprint density at radius 3 is 2.75 bits per heavy atom. The highest BCUT2D eigenvalue weighted by Crippen LogP contribution is 2.34. The fourth-order valence-corrected chi connectivity index (χ4v) is 3.32. The SMILES string of the molecule is N/N=C(\N)c1ccc2c(c1)nc(NCCC(F)(F)F)c1ccsc12. The number of halogens is 3. The van der Waals surface area contributed by atoms with Crippen LogP contribution in [0.4, 0.5) is 19.0 Å². The van der Waals surface area contributed by atoms with Gasteiger partial charge in [0.2, 0.25) is 0 Å². The molecule has 3 rings (SSSR count). The summed E-state index contributed by atoms with van der Waals surface area (Å²) in [6.45, 7) is -0.237. The first-order valence-electron chi connectivity index (χ1n) is 7.04. The second-order valence-electron chi connectivity index (χ2n) is 5.16. The maximum absolute atomic E-state index is 12.3. The van der Waals surface area contributed by atoms with Gasteiger partial charge in [-0.2, -0.15) is 18.3 Å². The smallest absolute Gasteiger partial charge is 0.382 e. The van der Waals surface area contributed by atoms with E-state index in [1.165, 1.54) is 11.3 Å². The Labute approximate surface area is 139 Å². The van der Waals surface area contributed by atoms with E-state index in [4.69, 9.17) is 11.6 Å². The Morgan fingerprint density at radius 1 is 1.25 bits per heavy atom. The van der Waals surface area contributed by atoms with E-state index in [2.05, 4.69) is 15.4 Å². The van der Waals surface area contributed by atoms with Crippen molar-refractivity contribution in [1.29, 1.82) is 0 Å². The van der Waals surface area contributed by atoms with Crippen LogP contribution in [-0.4, -0.2) is 23.5 Å². The first-order valence-corrected chi connectivity index (χ1v) is 7.92. The minimum Gasteiger partial charge on any atom is -0.382 e. The summed E-state index contributed by atoms with van der Waals surface area (Å²) in [7, 11) is 0. The first-order chi connectivity index (χ1) is 11.4. The third-order valence-corrected chi connectivity index (χ3v) is 4.48. The largest absolute Gasteiger partial charge is 0.390 e. The molecule has 0 aliphatic heterocycles. The monoisotopic (exact) mass is 353 g/mol. The number of hydrogen-bond acceptors (Lipinski definition) is 5. The minimum atomic E-state index is -4.21. The number of fused-ring (bicyclic) bond motifs is 3. The molecule has 0 saturated heterocycles. The lowest BCUT2D eigenvalue weighted by Gasteiger charge is -2.11. The van der Waals surface area contributed by atoms with Crippen LogP contribution < -0.4 is 16.9 Å². The van der Waals surface area contributed by atoms with Crippen LogP contribution in [0.2, 0.25) is 0 Å². The van der Waals surface area contributed by atoms with Crippen LogP contribution in [0.15, 0.2) is 34.7 Å². The number of hydrogen-bond donors (Lipinski definition) is 3. The molecule has 2 heterocycles. The molecule has 0 saturated carbocycles. The van der Waals surface area contributed by atoms with Crippen LogP contribution in [0.3, 0.4) is 0 Å². The van der Waals surface area contributed by atoms with Crippen molar-refractivity contribution >= 4 is 44.0 Å². The molecule has 0 bridgehead atoms. The number of rotatable bonds is 4. The summed E-state index contributed by atoms with van der Waals surface area (Å²) in [6.07, 6.45) is -5.14. The third kappa shape index (κ3) is 3.21. The third-order valence-electron chi connectivity index (χ3n) is 3.53. The molecule has 5 nitrogen and oxygen atoms in total. The molecule has 0 aliphatic rings. The predicted molar refractivity (Wildman–Crippen MR) is 91.2 cm³/mol. The van der Waals surface area contributed by atoms with Crippen molar-refractivity contribution in [2.75, 3.05) is 11.9 Å². The van der Waals surface area contributed by atoms with Gasteiger partial charge >= 0.3 is 6.18 Å². The molecule has 2 aromatic heterocycles. The molecule has 126 valence electrons. The number of alkyl halides is 3. The zero-order chi connectivity index (χ0) is 17.3. The molecule has 0 atom stereocenters. The lowest BCUT2D eigenvalue weighted by atomic mass is 10.1. The van der Waals surface area contributed by atoms with Gasteiger partial charge in [0.15, 0.2) is 0 Å². The lowest BCUT2D eigenvalue weighted by molar-refractivity contribution is -0.131. The van der Waals surface area contributed by atoms with Crippen LogP contribution in [-0.2, 0) is 0 Å². The Bertz CT molecular complexity index is 916. The quantitative estimate of drug-likeness (QED) is 0.290. The van der Waals surface area contributed by atoms with Crippen molar-refractivity contribution < 1.29 is 13.2 Å². The van der Waals surface area contributed by atoms with Crippen LogP contribution >= 0.6 is 11.3 Å². The van der Waals surface area contributed by atoms with Crippen molar-refractivity contribution in [3.63, 3.8) is 0 Å². The number of hydrazone groups is 1. The molecule has 9 heteroatoms. The molecule has 0 spiro atoms. The van der Waals surface area contributed by atoms with Gasteiger partial charge in [0, 0.05) is 27.6 Å². The van der Waals surface area contributed by atoms with Gasteiger partial charge in [0.05, 0.1) is 11.9 Å². The summed E-state index contributed by atoms with van der Waals surface area (Å²) in [5, 5.41) is 9.79. The molecule has 1 aromatic carbocycles. The summed E-state index contributed by atoms with van der Waals surface area (Å²) < 4.78 is 38.0. The zero-order valence-corrected chi connectivity index (χ0v) is 13.2. The van der Waals surface area contributed by atoms with Crippen molar-refractivity contribution in [2.24, 2.45) is 16.7 Å². The van der Waals surface area contributed by atoms with Crippen LogP contribution in [0.5, 0.6) is 0 Å². The fraction of sp³-hybridized carbons (Fsp3) is 0.200. The van der Waals surface area contributed by atoms with Gasteiger partial charge in [-0.3, -0.25) is 0 Å². The normalized spacial score (nSPS) is 12.9. The van der Waals surface area contributed by atoms with Gasteiger partial charge in [0.25, 0.3) is 0 Å². The number of nitrogens with two attached hydrogens (primary N) is 2. The number of aromatic nitrogens is 1. The molecule has 3 aromatic rings. The Hall–Kier alpha value is -2.55. The Morgan fingerprint density at radius 2 is 2.04 bits per heavy atom. The summed E-state index contributed by atoms with van der Waals surface area (Å²) in [5.41, 5.74) is 6.92. The van der Waals surface area contributed by atoms with Crippen molar-refractivity contribution in [2.45, 2.75) is 12.6 Å². The minimum absolute atomic E-state index is 0.163. The van der Waals surface area contributed by atoms with E-state index in [0.29, 0.717) is 16.9 Å². The summed E-state index contributed by atoms with van der Waals surface area (Å²) >= 11 is 1.50. The van der Waals surface area contributed by atoms with E-state index in [-0.39, 0.29) is 12.4 Å². The molecule has 5 N–H and O–H groups in total. The number of amidine groups is 1. The maximum Gasteiger partial charge on any atom is 0.390 e. The summed E-state index contributed by atoms with van der Waals surface area (Å²) in [4.78, 5) is 4.45. The lowest BCUT2D eigenvalue weighted by Crippen LogP contribution is -2.16. The number of thiophene rings is 1. The van der Waals surface area contributed by atoms with Gasteiger partial charge in [-0.25, -0.2) is 4.98 Å². The molecule has 0 amide bonds. The van der Waals surface area contributed by atoms with E-state index in [0.717, 1.165) is 15.5 Å². The zero-order valence-electron chi connectivity index (χ0n) is 12.4. The van der Waals surface area contributed by atoms with Gasteiger partial charge in [-0.05, 0) is 17.5 Å². The van der Waals surface area contributed by atoms with Gasteiger partial charge in [-0.1, -0.05) is 12.1 Å². The Balaban J connectivity index is 2.05. The molecular weight excluding hydrogens is 339 g/mol. The molecule has 0 aliphatic carbocycles. The van der Waals surface area contributed by atoms with Crippen LogP contribution in [0.25, 0.3) is 21.0 Å². The first kappa shape index (κ1) is 16.3. The van der Waals surface area contributed by atoms with Gasteiger partial charge in [-0.15, -0.1) is 11.3 Å². The average molecular weight is 353 g/mol. The average Bonchev–Trinajstić information content (AvgIpc) is 3.02. The second kappa shape index (κ2) is 6.16. The van der Waals surface area contributed by atoms with Crippen molar-refractivity contribution in [1.82, 2.24) is 4.98 Å². The Kier molecular flexibility index (Phi) is 4.18. The second-order valence-corrected chi connectivity index (χ2v) is 6.08. The number of nitrogens with one attached hydrogen (secondary N) is 1. The van der Waals surface area contributed by atoms with Crippen molar-refractivity contribution in [3.05, 3.63) is 35.2 Å². The number of anilines is 1. The van der Waals surface area contributed by atoms with E-state index in [9.17, 15) is 13.2 Å². The number of pyridine rings is 1. The van der Waals surface area contributed by atoms with Gasteiger partial charge in [0.1, 0.15) is 11.7 Å². The van der Waals surface area contributed by atoms with Gasteiger partial charge < -0.3 is 16.9 Å². The molecule has 0 radical (unpaired) electrons. The topological polar surface area (TPSA) is 89.3 Å². The van der Waals surface area contributed by atoms with E-state index in [1.807, 2.05) is 17.5 Å². The van der Waals surface area contributed by atoms with E-state index >= 15 is 0 Å². The number of nitrogens with zero attached hydrogens (tertiary/aromatic N) is 2. The summed E-state index contributed by atoms with van der Waals surface area (Å²) in [5.74, 6) is 5.77. The van der Waals surface area contributed by atoms with E-state index < -0.39 is 12.6 Å². The molecular formula is C15H14F3N5S. The highest BCUT2D eigenvalue weighted by molar-refractivity contribution is 7.18. The highest BCUT2D eigenvalue weighted by atomic mass is 32.1. The maximum atomic E-state index is 12.3. The van der Waals surface area contributed by atoms with Crippen LogP contribution in [0, 0.1) is 0 Å². The predicted octanol–water partition coefficient (Wildman–Crippen LogP) is 3.39. The summed E-state index contributed by atoms with van der Waals surface area (Å²) in [6, 6.07) is 7.20. The molecule has 24 heavy (non-hydrogen) atoms. The van der Waals surface area contributed by atoms with Crippen molar-refractivity contribution in [3.8, 4) is 0 Å². The van der Waals surface area contributed by atoms with Crippen LogP contribution in [0.1, 0.15) is 12.0 Å². The standard InChI is InChI=1S/C15H14F3N5S/c16-15(17,18)4-5-21-14-10-3-6-24-12(10)9-2-1-8(13(19)23-20)7-11(9)22-14/h1-3,6-7H,4-5,20H2,(H2,19,23)(H,21,22). The van der Waals surface area contributed by atoms with E-state index in [1.54, 1.807) is 12.1 Å². The fourth-order valence-electron chi connectivity index (χ4n) is 2.39. The molecule has 0 unspecified atom stereocenters. The molecule has 0 fully saturated rings. The number of benzene rings is 1.